The molecule has 1 aliphatic rings. The van der Waals surface area contributed by atoms with Crippen LogP contribution in [0.3, 0.4) is 0 Å². The Labute approximate surface area is 101 Å². The molecule has 1 aromatic rings. The number of carbonyl (C=O) groups is 4. The van der Waals surface area contributed by atoms with E-state index in [2.05, 4.69) is 5.32 Å². The average molecular weight is 251 g/mol. The van der Waals surface area contributed by atoms with E-state index in [0.717, 1.165) is 0 Å². The molecular weight excluding hydrogens is 242 g/mol. The van der Waals surface area contributed by atoms with Crippen molar-refractivity contribution in [3.63, 3.8) is 0 Å². The van der Waals surface area contributed by atoms with E-state index < -0.39 is 29.7 Å². The Hall–Kier alpha value is -2.64. The van der Waals surface area contributed by atoms with Crippen LogP contribution in [0.1, 0.15) is 5.76 Å². The lowest BCUT2D eigenvalue weighted by atomic mass is 10.1. The van der Waals surface area contributed by atoms with Crippen LogP contribution < -0.4 is 16.0 Å². The van der Waals surface area contributed by atoms with Gasteiger partial charge in [0, 0.05) is 0 Å². The number of hydrogen-bond acceptors (Lipinski definition) is 5. The first-order valence-electron chi connectivity index (χ1n) is 5.03. The summed E-state index contributed by atoms with van der Waals surface area (Å²) in [4.78, 5) is 45.1. The zero-order valence-electron chi connectivity index (χ0n) is 9.06. The van der Waals surface area contributed by atoms with Crippen molar-refractivity contribution >= 4 is 23.8 Å². The van der Waals surface area contributed by atoms with Crippen LogP contribution in [0.4, 0.5) is 4.79 Å². The Balaban J connectivity index is 1.98. The van der Waals surface area contributed by atoms with Gasteiger partial charge in [-0.25, -0.2) is 4.79 Å². The van der Waals surface area contributed by atoms with Gasteiger partial charge >= 0.3 is 6.03 Å². The number of nitrogens with one attached hydrogen (secondary N) is 3. The molecule has 3 N–H and O–H groups in total. The molecule has 0 aliphatic carbocycles. The highest BCUT2D eigenvalue weighted by Crippen LogP contribution is 2.04. The number of hydrogen-bond donors (Lipinski definition) is 3. The largest absolute Gasteiger partial charge is 0.467 e. The summed E-state index contributed by atoms with van der Waals surface area (Å²) in [5, 5.41) is 6.04. The van der Waals surface area contributed by atoms with Crippen molar-refractivity contribution in [1.82, 2.24) is 16.0 Å². The van der Waals surface area contributed by atoms with E-state index in [1.807, 2.05) is 10.6 Å². The van der Waals surface area contributed by atoms with E-state index in [1.54, 1.807) is 12.1 Å². The number of amides is 5. The Morgan fingerprint density at radius 3 is 2.50 bits per heavy atom. The molecule has 0 unspecified atom stereocenters. The van der Waals surface area contributed by atoms with Gasteiger partial charge in [0.25, 0.3) is 0 Å². The third-order valence-corrected chi connectivity index (χ3v) is 2.28. The van der Waals surface area contributed by atoms with Crippen LogP contribution in [0, 0.1) is 5.92 Å². The van der Waals surface area contributed by atoms with Crippen LogP contribution in [0.25, 0.3) is 0 Å². The molecule has 94 valence electrons. The summed E-state index contributed by atoms with van der Waals surface area (Å²) in [6, 6.07) is 2.34. The highest BCUT2D eigenvalue weighted by atomic mass is 16.3. The predicted octanol–water partition coefficient (Wildman–Crippen LogP) is -1.12. The second-order valence-corrected chi connectivity index (χ2v) is 3.54. The van der Waals surface area contributed by atoms with E-state index in [4.69, 9.17) is 4.42 Å². The topological polar surface area (TPSA) is 118 Å². The van der Waals surface area contributed by atoms with Gasteiger partial charge < -0.3 is 9.73 Å². The average Bonchev–Trinajstić information content (AvgIpc) is 2.77. The van der Waals surface area contributed by atoms with Crippen LogP contribution in [0.2, 0.25) is 0 Å². The molecule has 0 bridgehead atoms. The van der Waals surface area contributed by atoms with Crippen LogP contribution in [0.5, 0.6) is 0 Å². The molecule has 0 atom stereocenters. The fourth-order valence-corrected chi connectivity index (χ4v) is 1.45. The highest BCUT2D eigenvalue weighted by Gasteiger charge is 2.39. The van der Waals surface area contributed by atoms with Crippen LogP contribution in [-0.4, -0.2) is 23.8 Å². The predicted molar refractivity (Wildman–Crippen MR) is 55.7 cm³/mol. The van der Waals surface area contributed by atoms with Crippen molar-refractivity contribution in [3.05, 3.63) is 24.2 Å². The van der Waals surface area contributed by atoms with E-state index in [0.29, 0.717) is 5.76 Å². The van der Waals surface area contributed by atoms with Gasteiger partial charge in [-0.05, 0) is 12.1 Å². The molecule has 8 nitrogen and oxygen atoms in total. The number of urea groups is 1. The third kappa shape index (κ3) is 2.37. The lowest BCUT2D eigenvalue weighted by molar-refractivity contribution is -0.143. The Bertz CT molecular complexity index is 488. The zero-order chi connectivity index (χ0) is 13.1. The maximum atomic E-state index is 11.6. The molecule has 1 aliphatic heterocycles. The lowest BCUT2D eigenvalue weighted by Crippen LogP contribution is -2.59. The minimum Gasteiger partial charge on any atom is -0.467 e. The van der Waals surface area contributed by atoms with E-state index >= 15 is 0 Å². The molecule has 1 saturated heterocycles. The van der Waals surface area contributed by atoms with Gasteiger partial charge in [-0.1, -0.05) is 0 Å². The quantitative estimate of drug-likeness (QED) is 0.588. The second-order valence-electron chi connectivity index (χ2n) is 3.54. The van der Waals surface area contributed by atoms with E-state index in [1.165, 1.54) is 6.26 Å². The first-order valence-corrected chi connectivity index (χ1v) is 5.03. The van der Waals surface area contributed by atoms with Gasteiger partial charge in [-0.2, -0.15) is 0 Å². The first kappa shape index (κ1) is 11.8. The summed E-state index contributed by atoms with van der Waals surface area (Å²) in [6.07, 6.45) is 1.43. The third-order valence-electron chi connectivity index (χ3n) is 2.28. The van der Waals surface area contributed by atoms with Crippen molar-refractivity contribution in [3.8, 4) is 0 Å². The number of barbiturate groups is 1. The zero-order valence-corrected chi connectivity index (χ0v) is 9.06. The normalized spacial score (nSPS) is 16.1. The Morgan fingerprint density at radius 2 is 1.94 bits per heavy atom. The number of furan rings is 1. The van der Waals surface area contributed by atoms with Crippen molar-refractivity contribution in [2.75, 3.05) is 0 Å². The number of rotatable bonds is 3. The summed E-state index contributed by atoms with van der Waals surface area (Å²) in [7, 11) is 0. The minimum atomic E-state index is -1.57. The van der Waals surface area contributed by atoms with Crippen molar-refractivity contribution in [2.45, 2.75) is 6.54 Å². The molecule has 5 amide bonds. The van der Waals surface area contributed by atoms with Gasteiger partial charge in [0.15, 0.2) is 5.92 Å². The summed E-state index contributed by atoms with van der Waals surface area (Å²) < 4.78 is 4.97. The fraction of sp³-hybridized carbons (Fsp3) is 0.200. The Morgan fingerprint density at radius 1 is 1.28 bits per heavy atom. The smallest absolute Gasteiger partial charge is 0.328 e. The van der Waals surface area contributed by atoms with Crippen LogP contribution >= 0.6 is 0 Å². The van der Waals surface area contributed by atoms with Crippen LogP contribution in [-0.2, 0) is 20.9 Å². The molecular formula is C10H9N3O5. The number of carbonyl (C=O) groups excluding carboxylic acids is 4. The molecule has 2 rings (SSSR count). The highest BCUT2D eigenvalue weighted by molar-refractivity contribution is 6.26. The van der Waals surface area contributed by atoms with Crippen molar-refractivity contribution < 1.29 is 23.6 Å². The maximum Gasteiger partial charge on any atom is 0.328 e. The molecule has 0 aromatic carbocycles. The second kappa shape index (κ2) is 4.70. The molecule has 1 fully saturated rings. The summed E-state index contributed by atoms with van der Waals surface area (Å²) in [5.41, 5.74) is 0. The van der Waals surface area contributed by atoms with E-state index in [9.17, 15) is 19.2 Å². The van der Waals surface area contributed by atoms with Gasteiger partial charge in [0.2, 0.25) is 17.7 Å². The van der Waals surface area contributed by atoms with Crippen molar-refractivity contribution in [1.29, 1.82) is 0 Å². The lowest BCUT2D eigenvalue weighted by Gasteiger charge is -2.19. The SMILES string of the molecule is O=C1NC(=O)C(C(=O)NCc2ccco2)C(=O)N1. The monoisotopic (exact) mass is 251 g/mol. The Kier molecular flexibility index (Phi) is 3.09. The standard InChI is InChI=1S/C10H9N3O5/c14-7(11-4-5-2-1-3-18-5)6-8(15)12-10(17)13-9(6)16/h1-3,6H,4H2,(H,11,14)(H2,12,13,15,16,17). The van der Waals surface area contributed by atoms with Gasteiger partial charge in [0.05, 0.1) is 12.8 Å². The van der Waals surface area contributed by atoms with Gasteiger partial charge in [-0.3, -0.25) is 25.0 Å². The summed E-state index contributed by atoms with van der Waals surface area (Å²) in [6.45, 7) is 0.0524. The molecule has 2 heterocycles. The van der Waals surface area contributed by atoms with Crippen LogP contribution in [0.15, 0.2) is 22.8 Å². The first-order chi connectivity index (χ1) is 8.58. The number of imide groups is 2. The molecule has 0 spiro atoms. The fourth-order valence-electron chi connectivity index (χ4n) is 1.45. The summed E-state index contributed by atoms with van der Waals surface area (Å²) in [5.74, 6) is -3.77. The van der Waals surface area contributed by atoms with Gasteiger partial charge in [0.1, 0.15) is 5.76 Å². The maximum absolute atomic E-state index is 11.6. The molecule has 0 saturated carbocycles. The van der Waals surface area contributed by atoms with E-state index in [-0.39, 0.29) is 6.54 Å². The van der Waals surface area contributed by atoms with Crippen molar-refractivity contribution in [2.24, 2.45) is 5.92 Å². The molecule has 8 heteroatoms. The van der Waals surface area contributed by atoms with Gasteiger partial charge in [-0.15, -0.1) is 0 Å². The minimum absolute atomic E-state index is 0.0524. The molecule has 1 aromatic heterocycles. The summed E-state index contributed by atoms with van der Waals surface area (Å²) >= 11 is 0. The molecule has 18 heavy (non-hydrogen) atoms. The molecule has 0 radical (unpaired) electrons.